The Morgan fingerprint density at radius 3 is 2.67 bits per heavy atom. The number of carboxylic acids is 1. The minimum Gasteiger partial charge on any atom is -0.481 e. The number of rotatable bonds is 3. The highest BCUT2D eigenvalue weighted by Crippen LogP contribution is 2.53. The van der Waals surface area contributed by atoms with Gasteiger partial charge in [0.1, 0.15) is 0 Å². The molecular weight excluding hydrogens is 256 g/mol. The highest BCUT2D eigenvalue weighted by atomic mass is 79.9. The van der Waals surface area contributed by atoms with E-state index in [0.29, 0.717) is 0 Å². The van der Waals surface area contributed by atoms with E-state index in [1.165, 1.54) is 5.56 Å². The van der Waals surface area contributed by atoms with Crippen LogP contribution in [0.2, 0.25) is 0 Å². The van der Waals surface area contributed by atoms with Crippen molar-refractivity contribution in [1.29, 1.82) is 0 Å². The van der Waals surface area contributed by atoms with Gasteiger partial charge >= 0.3 is 5.97 Å². The quantitative estimate of drug-likeness (QED) is 0.914. The summed E-state index contributed by atoms with van der Waals surface area (Å²) in [6, 6.07) is 6.15. The number of aryl methyl sites for hydroxylation is 1. The van der Waals surface area contributed by atoms with Gasteiger partial charge in [-0.3, -0.25) is 4.79 Å². The van der Waals surface area contributed by atoms with Crippen molar-refractivity contribution in [3.63, 3.8) is 0 Å². The van der Waals surface area contributed by atoms with Gasteiger partial charge in [-0.2, -0.15) is 0 Å². The monoisotopic (exact) mass is 268 g/mol. The topological polar surface area (TPSA) is 37.3 Å². The van der Waals surface area contributed by atoms with Crippen LogP contribution in [0.15, 0.2) is 22.7 Å². The fraction of sp³-hybridized carbons (Fsp3) is 0.417. The maximum absolute atomic E-state index is 10.8. The molecule has 0 radical (unpaired) electrons. The Bertz CT molecular complexity index is 408. The largest absolute Gasteiger partial charge is 0.481 e. The smallest absolute Gasteiger partial charge is 0.304 e. The van der Waals surface area contributed by atoms with E-state index in [-0.39, 0.29) is 11.8 Å². The fourth-order valence-electron chi connectivity index (χ4n) is 2.03. The molecule has 0 unspecified atom stereocenters. The zero-order valence-corrected chi connectivity index (χ0v) is 10.2. The molecule has 0 aliphatic heterocycles. The van der Waals surface area contributed by atoms with Crippen molar-refractivity contribution in [1.82, 2.24) is 0 Å². The van der Waals surface area contributed by atoms with Crippen LogP contribution < -0.4 is 0 Å². The van der Waals surface area contributed by atoms with Gasteiger partial charge in [-0.15, -0.1) is 0 Å². The van der Waals surface area contributed by atoms with E-state index in [1.54, 1.807) is 0 Å². The lowest BCUT2D eigenvalue weighted by atomic mass is 9.92. The van der Waals surface area contributed by atoms with Gasteiger partial charge in [0.15, 0.2) is 0 Å². The van der Waals surface area contributed by atoms with E-state index >= 15 is 0 Å². The van der Waals surface area contributed by atoms with Gasteiger partial charge in [0.25, 0.3) is 0 Å². The summed E-state index contributed by atoms with van der Waals surface area (Å²) in [6.45, 7) is 2.03. The predicted octanol–water partition coefficient (Wildman–Crippen LogP) is 3.26. The third-order valence-electron chi connectivity index (χ3n) is 3.04. The molecule has 1 aromatic carbocycles. The third-order valence-corrected chi connectivity index (χ3v) is 3.70. The van der Waals surface area contributed by atoms with Crippen molar-refractivity contribution < 1.29 is 9.90 Å². The standard InChI is InChI=1S/C12H13BrO2/c1-8-2-3-9(10(13)6-8)12(4-5-12)7-11(14)15/h2-3,6H,4-5,7H2,1H3,(H,14,15). The first-order valence-corrected chi connectivity index (χ1v) is 5.81. The molecule has 0 saturated heterocycles. The summed E-state index contributed by atoms with van der Waals surface area (Å²) in [5.74, 6) is -0.708. The van der Waals surface area contributed by atoms with Gasteiger partial charge in [0, 0.05) is 9.89 Å². The average Bonchev–Trinajstić information content (AvgIpc) is 2.83. The maximum Gasteiger partial charge on any atom is 0.304 e. The molecule has 0 bridgehead atoms. The van der Waals surface area contributed by atoms with Crippen LogP contribution in [0.4, 0.5) is 0 Å². The van der Waals surface area contributed by atoms with E-state index in [4.69, 9.17) is 5.11 Å². The molecule has 1 aromatic rings. The molecule has 1 N–H and O–H groups in total. The predicted molar refractivity (Wildman–Crippen MR) is 62.0 cm³/mol. The number of benzene rings is 1. The lowest BCUT2D eigenvalue weighted by Crippen LogP contribution is -2.13. The molecule has 0 spiro atoms. The van der Waals surface area contributed by atoms with Crippen LogP contribution in [0.3, 0.4) is 0 Å². The van der Waals surface area contributed by atoms with Gasteiger partial charge in [0.05, 0.1) is 6.42 Å². The molecule has 1 aliphatic carbocycles. The van der Waals surface area contributed by atoms with Crippen LogP contribution in [0.5, 0.6) is 0 Å². The summed E-state index contributed by atoms with van der Waals surface area (Å²) in [7, 11) is 0. The lowest BCUT2D eigenvalue weighted by Gasteiger charge is -2.15. The van der Waals surface area contributed by atoms with Gasteiger partial charge in [0.2, 0.25) is 0 Å². The molecule has 0 aromatic heterocycles. The van der Waals surface area contributed by atoms with Crippen LogP contribution in [0.1, 0.15) is 30.4 Å². The highest BCUT2D eigenvalue weighted by Gasteiger charge is 2.46. The normalized spacial score (nSPS) is 17.5. The van der Waals surface area contributed by atoms with Crippen molar-refractivity contribution >= 4 is 21.9 Å². The van der Waals surface area contributed by atoms with Crippen molar-refractivity contribution in [2.75, 3.05) is 0 Å². The average molecular weight is 269 g/mol. The summed E-state index contributed by atoms with van der Waals surface area (Å²) in [5, 5.41) is 8.88. The first kappa shape index (κ1) is 10.7. The van der Waals surface area contributed by atoms with Crippen molar-refractivity contribution in [3.05, 3.63) is 33.8 Å². The van der Waals surface area contributed by atoms with Crippen LogP contribution in [0, 0.1) is 6.92 Å². The number of halogens is 1. The summed E-state index contributed by atoms with van der Waals surface area (Å²) >= 11 is 3.52. The van der Waals surface area contributed by atoms with Gasteiger partial charge in [-0.05, 0) is 37.0 Å². The maximum atomic E-state index is 10.8. The molecule has 2 nitrogen and oxygen atoms in total. The van der Waals surface area contributed by atoms with E-state index in [0.717, 1.165) is 22.9 Å². The molecule has 0 heterocycles. The van der Waals surface area contributed by atoms with E-state index in [9.17, 15) is 4.79 Å². The number of carbonyl (C=O) groups is 1. The second-order valence-corrected chi connectivity index (χ2v) is 5.19. The molecule has 1 saturated carbocycles. The second kappa shape index (κ2) is 3.63. The zero-order chi connectivity index (χ0) is 11.1. The molecule has 80 valence electrons. The van der Waals surface area contributed by atoms with Crippen LogP contribution in [0.25, 0.3) is 0 Å². The summed E-state index contributed by atoms with van der Waals surface area (Å²) in [4.78, 5) is 10.8. The Labute approximate surface area is 97.4 Å². The van der Waals surface area contributed by atoms with Crippen LogP contribution in [-0.4, -0.2) is 11.1 Å². The Kier molecular flexibility index (Phi) is 2.59. The number of carboxylic acid groups (broad SMARTS) is 1. The Morgan fingerprint density at radius 2 is 2.20 bits per heavy atom. The Hall–Kier alpha value is -0.830. The van der Waals surface area contributed by atoms with E-state index in [2.05, 4.69) is 28.1 Å². The molecule has 1 fully saturated rings. The highest BCUT2D eigenvalue weighted by molar-refractivity contribution is 9.10. The Balaban J connectivity index is 2.33. The number of hydrogen-bond donors (Lipinski definition) is 1. The number of aliphatic carboxylic acids is 1. The van der Waals surface area contributed by atoms with Crippen molar-refractivity contribution in [3.8, 4) is 0 Å². The van der Waals surface area contributed by atoms with Crippen molar-refractivity contribution in [2.24, 2.45) is 0 Å². The zero-order valence-electron chi connectivity index (χ0n) is 8.59. The summed E-state index contributed by atoms with van der Waals surface area (Å²) in [5.41, 5.74) is 2.24. The van der Waals surface area contributed by atoms with Crippen LogP contribution >= 0.6 is 15.9 Å². The first-order chi connectivity index (χ1) is 7.03. The van der Waals surface area contributed by atoms with Gasteiger partial charge in [-0.25, -0.2) is 0 Å². The number of hydrogen-bond acceptors (Lipinski definition) is 1. The fourth-order valence-corrected chi connectivity index (χ4v) is 2.95. The molecule has 1 aliphatic rings. The van der Waals surface area contributed by atoms with E-state index in [1.807, 2.05) is 13.0 Å². The third kappa shape index (κ3) is 2.07. The van der Waals surface area contributed by atoms with Gasteiger partial charge < -0.3 is 5.11 Å². The van der Waals surface area contributed by atoms with Crippen molar-refractivity contribution in [2.45, 2.75) is 31.6 Å². The summed E-state index contributed by atoms with van der Waals surface area (Å²) < 4.78 is 1.04. The molecular formula is C12H13BrO2. The molecule has 3 heteroatoms. The van der Waals surface area contributed by atoms with E-state index < -0.39 is 5.97 Å². The molecule has 0 atom stereocenters. The lowest BCUT2D eigenvalue weighted by molar-refractivity contribution is -0.137. The Morgan fingerprint density at radius 1 is 1.53 bits per heavy atom. The van der Waals surface area contributed by atoms with Gasteiger partial charge in [-0.1, -0.05) is 28.1 Å². The molecule has 15 heavy (non-hydrogen) atoms. The molecule has 2 rings (SSSR count). The minimum absolute atomic E-state index is 0.0988. The molecule has 0 amide bonds. The van der Waals surface area contributed by atoms with Crippen LogP contribution in [-0.2, 0) is 10.2 Å². The minimum atomic E-state index is -0.708. The SMILES string of the molecule is Cc1ccc(C2(CC(=O)O)CC2)c(Br)c1. The first-order valence-electron chi connectivity index (χ1n) is 5.02. The summed E-state index contributed by atoms with van der Waals surface area (Å²) in [6.07, 6.45) is 2.22. The second-order valence-electron chi connectivity index (χ2n) is 4.33.